The maximum Gasteiger partial charge on any atom is 0.337 e. The number of benzene rings is 1. The van der Waals surface area contributed by atoms with Crippen LogP contribution in [-0.2, 0) is 4.74 Å². The summed E-state index contributed by atoms with van der Waals surface area (Å²) in [5.74, 6) is 0.395. The van der Waals surface area contributed by atoms with E-state index in [9.17, 15) is 9.70 Å². The SMILES string of the molecule is COC(=O)c1ccc(OCCN=O)c(OC)c1. The number of hydrogen-bond acceptors (Lipinski definition) is 6. The van der Waals surface area contributed by atoms with Crippen LogP contribution in [0.1, 0.15) is 10.4 Å². The minimum Gasteiger partial charge on any atom is -0.493 e. The van der Waals surface area contributed by atoms with Crippen LogP contribution >= 0.6 is 0 Å². The van der Waals surface area contributed by atoms with Gasteiger partial charge in [0.15, 0.2) is 11.5 Å². The molecular weight excluding hydrogens is 226 g/mol. The van der Waals surface area contributed by atoms with Crippen molar-refractivity contribution in [2.24, 2.45) is 5.18 Å². The van der Waals surface area contributed by atoms with E-state index in [4.69, 9.17) is 9.47 Å². The lowest BCUT2D eigenvalue weighted by molar-refractivity contribution is 0.0600. The first kappa shape index (κ1) is 13.0. The summed E-state index contributed by atoms with van der Waals surface area (Å²) in [6, 6.07) is 4.64. The Labute approximate surface area is 98.5 Å². The van der Waals surface area contributed by atoms with Crippen LogP contribution in [0.3, 0.4) is 0 Å². The van der Waals surface area contributed by atoms with Crippen molar-refractivity contribution in [3.05, 3.63) is 28.7 Å². The van der Waals surface area contributed by atoms with Crippen molar-refractivity contribution in [3.8, 4) is 11.5 Å². The first-order valence-corrected chi connectivity index (χ1v) is 4.91. The average molecular weight is 239 g/mol. The summed E-state index contributed by atoms with van der Waals surface area (Å²) in [5.41, 5.74) is 0.366. The second-order valence-corrected chi connectivity index (χ2v) is 3.06. The minimum atomic E-state index is -0.454. The fraction of sp³-hybridized carbons (Fsp3) is 0.364. The standard InChI is InChI=1S/C11H13NO5/c1-15-10-7-8(11(13)16-2)3-4-9(10)17-6-5-12-14/h3-4,7H,5-6H2,1-2H3. The molecule has 0 unspecified atom stereocenters. The van der Waals surface area contributed by atoms with Crippen LogP contribution in [-0.4, -0.2) is 33.3 Å². The van der Waals surface area contributed by atoms with Gasteiger partial charge in [0.05, 0.1) is 19.8 Å². The van der Waals surface area contributed by atoms with E-state index in [2.05, 4.69) is 9.91 Å². The quantitative estimate of drug-likeness (QED) is 0.428. The van der Waals surface area contributed by atoms with Crippen molar-refractivity contribution in [2.75, 3.05) is 27.4 Å². The van der Waals surface area contributed by atoms with Crippen molar-refractivity contribution in [1.82, 2.24) is 0 Å². The van der Waals surface area contributed by atoms with Gasteiger partial charge in [-0.05, 0) is 18.2 Å². The fourth-order valence-corrected chi connectivity index (χ4v) is 1.22. The third-order valence-electron chi connectivity index (χ3n) is 2.02. The van der Waals surface area contributed by atoms with E-state index < -0.39 is 5.97 Å². The molecule has 6 nitrogen and oxygen atoms in total. The normalized spacial score (nSPS) is 9.53. The predicted molar refractivity (Wildman–Crippen MR) is 60.5 cm³/mol. The Morgan fingerprint density at radius 3 is 2.65 bits per heavy atom. The molecule has 0 aliphatic heterocycles. The lowest BCUT2D eigenvalue weighted by Crippen LogP contribution is -2.05. The Balaban J connectivity index is 2.85. The molecule has 6 heteroatoms. The largest absolute Gasteiger partial charge is 0.493 e. The van der Waals surface area contributed by atoms with Crippen molar-refractivity contribution < 1.29 is 19.0 Å². The summed E-state index contributed by atoms with van der Waals surface area (Å²) >= 11 is 0. The van der Waals surface area contributed by atoms with Crippen molar-refractivity contribution in [1.29, 1.82) is 0 Å². The molecule has 0 aliphatic carbocycles. The van der Waals surface area contributed by atoms with Crippen molar-refractivity contribution >= 4 is 5.97 Å². The maximum absolute atomic E-state index is 11.3. The Kier molecular flexibility index (Phi) is 4.93. The third-order valence-corrected chi connectivity index (χ3v) is 2.02. The molecule has 0 aromatic heterocycles. The number of esters is 1. The summed E-state index contributed by atoms with van der Waals surface area (Å²) in [6.45, 7) is 0.222. The number of carbonyl (C=O) groups is 1. The highest BCUT2D eigenvalue weighted by Crippen LogP contribution is 2.28. The van der Waals surface area contributed by atoms with E-state index in [-0.39, 0.29) is 13.2 Å². The number of nitroso groups, excluding NO2 is 1. The predicted octanol–water partition coefficient (Wildman–Crippen LogP) is 1.63. The van der Waals surface area contributed by atoms with Crippen molar-refractivity contribution in [2.45, 2.75) is 0 Å². The highest BCUT2D eigenvalue weighted by molar-refractivity contribution is 5.90. The van der Waals surface area contributed by atoms with Crippen LogP contribution in [0.4, 0.5) is 0 Å². The zero-order valence-electron chi connectivity index (χ0n) is 9.63. The smallest absolute Gasteiger partial charge is 0.337 e. The topological polar surface area (TPSA) is 74.2 Å². The lowest BCUT2D eigenvalue weighted by Gasteiger charge is -2.10. The molecule has 0 heterocycles. The summed E-state index contributed by atoms with van der Waals surface area (Å²) in [4.78, 5) is 21.2. The minimum absolute atomic E-state index is 0.0574. The summed E-state index contributed by atoms with van der Waals surface area (Å²) in [5, 5.41) is 2.68. The number of rotatable bonds is 6. The molecule has 1 aromatic carbocycles. The molecule has 0 aliphatic rings. The summed E-state index contributed by atoms with van der Waals surface area (Å²) in [7, 11) is 2.76. The van der Waals surface area contributed by atoms with Crippen LogP contribution in [0.25, 0.3) is 0 Å². The molecule has 0 saturated heterocycles. The molecule has 0 atom stereocenters. The molecule has 0 N–H and O–H groups in total. The lowest BCUT2D eigenvalue weighted by atomic mass is 10.2. The number of carbonyl (C=O) groups excluding carboxylic acids is 1. The highest BCUT2D eigenvalue weighted by atomic mass is 16.5. The van der Waals surface area contributed by atoms with E-state index in [0.29, 0.717) is 17.1 Å². The molecule has 1 aromatic rings. The van der Waals surface area contributed by atoms with Crippen LogP contribution in [0.5, 0.6) is 11.5 Å². The Morgan fingerprint density at radius 1 is 1.29 bits per heavy atom. The van der Waals surface area contributed by atoms with Crippen LogP contribution in [0, 0.1) is 4.91 Å². The van der Waals surface area contributed by atoms with Crippen LogP contribution in [0.2, 0.25) is 0 Å². The maximum atomic E-state index is 11.3. The van der Waals surface area contributed by atoms with E-state index >= 15 is 0 Å². The monoisotopic (exact) mass is 239 g/mol. The van der Waals surface area contributed by atoms with E-state index in [1.807, 2.05) is 0 Å². The highest BCUT2D eigenvalue weighted by Gasteiger charge is 2.11. The number of ether oxygens (including phenoxy) is 3. The second-order valence-electron chi connectivity index (χ2n) is 3.06. The van der Waals surface area contributed by atoms with Gasteiger partial charge >= 0.3 is 5.97 Å². The number of nitrogens with zero attached hydrogens (tertiary/aromatic N) is 1. The Bertz CT molecular complexity index is 405. The molecule has 92 valence electrons. The zero-order valence-corrected chi connectivity index (χ0v) is 9.63. The molecule has 0 radical (unpaired) electrons. The zero-order chi connectivity index (χ0) is 12.7. The van der Waals surface area contributed by atoms with E-state index in [1.165, 1.54) is 20.3 Å². The summed E-state index contributed by atoms with van der Waals surface area (Å²) in [6.07, 6.45) is 0. The van der Waals surface area contributed by atoms with Gasteiger partial charge in [0.2, 0.25) is 0 Å². The van der Waals surface area contributed by atoms with Gasteiger partial charge in [-0.2, -0.15) is 4.91 Å². The van der Waals surface area contributed by atoms with Crippen LogP contribution < -0.4 is 9.47 Å². The Hall–Kier alpha value is -2.11. The molecule has 0 fully saturated rings. The average Bonchev–Trinajstić information content (AvgIpc) is 2.38. The van der Waals surface area contributed by atoms with Crippen molar-refractivity contribution in [3.63, 3.8) is 0 Å². The van der Waals surface area contributed by atoms with E-state index in [0.717, 1.165) is 0 Å². The number of hydrogen-bond donors (Lipinski definition) is 0. The van der Waals surface area contributed by atoms with Gasteiger partial charge < -0.3 is 14.2 Å². The molecule has 0 saturated carbocycles. The molecule has 1 rings (SSSR count). The van der Waals surface area contributed by atoms with Gasteiger partial charge in [-0.15, -0.1) is 0 Å². The Morgan fingerprint density at radius 2 is 2.06 bits per heavy atom. The van der Waals surface area contributed by atoms with Gasteiger partial charge in [-0.1, -0.05) is 5.18 Å². The summed E-state index contributed by atoms with van der Waals surface area (Å²) < 4.78 is 14.9. The fourth-order valence-electron chi connectivity index (χ4n) is 1.22. The third kappa shape index (κ3) is 3.44. The number of methoxy groups -OCH3 is 2. The molecule has 0 spiro atoms. The van der Waals surface area contributed by atoms with Gasteiger partial charge in [0.25, 0.3) is 0 Å². The first-order valence-electron chi connectivity index (χ1n) is 4.91. The molecule has 0 bridgehead atoms. The van der Waals surface area contributed by atoms with Gasteiger partial charge in [-0.3, -0.25) is 0 Å². The van der Waals surface area contributed by atoms with Gasteiger partial charge in [0.1, 0.15) is 13.2 Å². The first-order chi connectivity index (χ1) is 8.22. The van der Waals surface area contributed by atoms with Crippen LogP contribution in [0.15, 0.2) is 23.4 Å². The molecule has 0 amide bonds. The molecule has 17 heavy (non-hydrogen) atoms. The second kappa shape index (κ2) is 6.47. The molecular formula is C11H13NO5. The van der Waals surface area contributed by atoms with Gasteiger partial charge in [0, 0.05) is 0 Å². The van der Waals surface area contributed by atoms with E-state index in [1.54, 1.807) is 12.1 Å². The van der Waals surface area contributed by atoms with Gasteiger partial charge in [-0.25, -0.2) is 4.79 Å².